The molecule has 0 saturated carbocycles. The Hall–Kier alpha value is -2.02. The molecule has 0 unspecified atom stereocenters. The predicted octanol–water partition coefficient (Wildman–Crippen LogP) is 3.03. The Morgan fingerprint density at radius 3 is 2.52 bits per heavy atom. The van der Waals surface area contributed by atoms with Crippen LogP contribution in [0.25, 0.3) is 0 Å². The Morgan fingerprint density at radius 2 is 1.84 bits per heavy atom. The third-order valence-corrected chi connectivity index (χ3v) is 7.19. The van der Waals surface area contributed by atoms with Gasteiger partial charge in [0.2, 0.25) is 0 Å². The van der Waals surface area contributed by atoms with E-state index in [2.05, 4.69) is 22.2 Å². The zero-order chi connectivity index (χ0) is 17.6. The molecule has 0 atom stereocenters. The van der Waals surface area contributed by atoms with Crippen molar-refractivity contribution >= 4 is 21.4 Å². The van der Waals surface area contributed by atoms with E-state index in [1.165, 1.54) is 17.1 Å². The first-order chi connectivity index (χ1) is 12.0. The average Bonchev–Trinajstić information content (AvgIpc) is 3.24. The molecule has 134 valence electrons. The zero-order valence-corrected chi connectivity index (χ0v) is 15.5. The summed E-state index contributed by atoms with van der Waals surface area (Å²) in [5, 5.41) is 3.82. The van der Waals surface area contributed by atoms with E-state index in [-0.39, 0.29) is 4.90 Å². The topological polar surface area (TPSA) is 66.7 Å². The van der Waals surface area contributed by atoms with Crippen LogP contribution >= 0.6 is 0 Å². The number of benzene rings is 1. The molecule has 25 heavy (non-hydrogen) atoms. The summed E-state index contributed by atoms with van der Waals surface area (Å²) in [5.41, 5.74) is 3.41. The monoisotopic (exact) mass is 361 g/mol. The van der Waals surface area contributed by atoms with Crippen molar-refractivity contribution in [2.24, 2.45) is 0 Å². The van der Waals surface area contributed by atoms with Gasteiger partial charge in [0.15, 0.2) is 10.7 Å². The van der Waals surface area contributed by atoms with Gasteiger partial charge in [0.1, 0.15) is 5.69 Å². The fourth-order valence-electron chi connectivity index (χ4n) is 3.90. The molecule has 0 amide bonds. The standard InChI is InChI=1S/C18H23N3O3S/c1-13-18(14(2)24-19-13)25(22,23)21-11-5-6-15-7-8-16(12-17(15)21)20-9-3-4-10-20/h7-8,12H,3-6,9-11H2,1-2H3. The Morgan fingerprint density at radius 1 is 1.08 bits per heavy atom. The molecule has 1 saturated heterocycles. The maximum Gasteiger partial charge on any atom is 0.269 e. The van der Waals surface area contributed by atoms with Gasteiger partial charge in [-0.05, 0) is 57.2 Å². The average molecular weight is 361 g/mol. The summed E-state index contributed by atoms with van der Waals surface area (Å²) in [6, 6.07) is 6.24. The number of aromatic nitrogens is 1. The Kier molecular flexibility index (Phi) is 3.98. The number of rotatable bonds is 3. The van der Waals surface area contributed by atoms with E-state index < -0.39 is 10.0 Å². The molecular formula is C18H23N3O3S. The molecule has 7 heteroatoms. The molecule has 3 heterocycles. The fraction of sp³-hybridized carbons (Fsp3) is 0.500. The quantitative estimate of drug-likeness (QED) is 0.841. The summed E-state index contributed by atoms with van der Waals surface area (Å²) in [7, 11) is -3.68. The summed E-state index contributed by atoms with van der Waals surface area (Å²) in [5.74, 6) is 0.348. The first-order valence-corrected chi connectivity index (χ1v) is 10.3. The van der Waals surface area contributed by atoms with Crippen LogP contribution in [0, 0.1) is 13.8 Å². The summed E-state index contributed by atoms with van der Waals surface area (Å²) < 4.78 is 33.2. The van der Waals surface area contributed by atoms with Gasteiger partial charge in [-0.15, -0.1) is 0 Å². The third kappa shape index (κ3) is 2.70. The van der Waals surface area contributed by atoms with E-state index in [1.54, 1.807) is 13.8 Å². The molecule has 2 aromatic rings. The molecular weight excluding hydrogens is 338 g/mol. The van der Waals surface area contributed by atoms with Gasteiger partial charge in [0.25, 0.3) is 10.0 Å². The van der Waals surface area contributed by atoms with Gasteiger partial charge < -0.3 is 9.42 Å². The molecule has 0 N–H and O–H groups in total. The molecule has 0 radical (unpaired) electrons. The number of hydrogen-bond donors (Lipinski definition) is 0. The van der Waals surface area contributed by atoms with Crippen LogP contribution in [0.15, 0.2) is 27.6 Å². The highest BCUT2D eigenvalue weighted by atomic mass is 32.2. The van der Waals surface area contributed by atoms with E-state index in [0.29, 0.717) is 18.0 Å². The van der Waals surface area contributed by atoms with Crippen LogP contribution in [0.5, 0.6) is 0 Å². The highest BCUT2D eigenvalue weighted by Crippen LogP contribution is 2.37. The van der Waals surface area contributed by atoms with E-state index in [1.807, 2.05) is 6.07 Å². The molecule has 6 nitrogen and oxygen atoms in total. The number of sulfonamides is 1. The van der Waals surface area contributed by atoms with E-state index >= 15 is 0 Å². The molecule has 1 aromatic heterocycles. The minimum atomic E-state index is -3.68. The second-order valence-electron chi connectivity index (χ2n) is 6.84. The van der Waals surface area contributed by atoms with Gasteiger partial charge in [0.05, 0.1) is 5.69 Å². The van der Waals surface area contributed by atoms with Gasteiger partial charge in [-0.1, -0.05) is 11.2 Å². The van der Waals surface area contributed by atoms with E-state index in [9.17, 15) is 8.42 Å². The minimum Gasteiger partial charge on any atom is -0.371 e. The van der Waals surface area contributed by atoms with Crippen molar-refractivity contribution in [1.29, 1.82) is 0 Å². The van der Waals surface area contributed by atoms with Crippen LogP contribution in [0.3, 0.4) is 0 Å². The van der Waals surface area contributed by atoms with Gasteiger partial charge in [-0.2, -0.15) is 0 Å². The summed E-state index contributed by atoms with van der Waals surface area (Å²) >= 11 is 0. The Bertz CT molecular complexity index is 879. The number of fused-ring (bicyclic) bond motifs is 1. The lowest BCUT2D eigenvalue weighted by Gasteiger charge is -2.31. The van der Waals surface area contributed by atoms with Gasteiger partial charge in [0, 0.05) is 25.3 Å². The SMILES string of the molecule is Cc1noc(C)c1S(=O)(=O)N1CCCc2ccc(N3CCCC3)cc21. The second-order valence-corrected chi connectivity index (χ2v) is 8.64. The van der Waals surface area contributed by atoms with Crippen LogP contribution in [0.4, 0.5) is 11.4 Å². The van der Waals surface area contributed by atoms with Crippen LogP contribution in [-0.4, -0.2) is 33.2 Å². The summed E-state index contributed by atoms with van der Waals surface area (Å²) in [6.45, 7) is 5.89. The molecule has 0 spiro atoms. The van der Waals surface area contributed by atoms with Crippen LogP contribution in [0.1, 0.15) is 36.3 Å². The first kappa shape index (κ1) is 16.4. The fourth-order valence-corrected chi connectivity index (χ4v) is 5.73. The van der Waals surface area contributed by atoms with Gasteiger partial charge in [-0.25, -0.2) is 8.42 Å². The number of hydrogen-bond acceptors (Lipinski definition) is 5. The van der Waals surface area contributed by atoms with Gasteiger partial charge in [-0.3, -0.25) is 4.31 Å². The van der Waals surface area contributed by atoms with Crippen molar-refractivity contribution in [3.63, 3.8) is 0 Å². The maximum absolute atomic E-state index is 13.3. The highest BCUT2D eigenvalue weighted by Gasteiger charge is 2.34. The summed E-state index contributed by atoms with van der Waals surface area (Å²) in [6.07, 6.45) is 4.11. The smallest absolute Gasteiger partial charge is 0.269 e. The van der Waals surface area contributed by atoms with E-state index in [4.69, 9.17) is 4.52 Å². The first-order valence-electron chi connectivity index (χ1n) is 8.82. The maximum atomic E-state index is 13.3. The minimum absolute atomic E-state index is 0.201. The Balaban J connectivity index is 1.79. The zero-order valence-electron chi connectivity index (χ0n) is 14.7. The van der Waals surface area contributed by atoms with Crippen molar-refractivity contribution in [3.8, 4) is 0 Å². The summed E-state index contributed by atoms with van der Waals surface area (Å²) in [4.78, 5) is 2.53. The molecule has 0 bridgehead atoms. The third-order valence-electron chi connectivity index (χ3n) is 5.13. The van der Waals surface area contributed by atoms with Crippen LogP contribution in [-0.2, 0) is 16.4 Å². The van der Waals surface area contributed by atoms with Crippen LogP contribution < -0.4 is 9.21 Å². The normalized spacial score (nSPS) is 17.8. The van der Waals surface area contributed by atoms with Gasteiger partial charge >= 0.3 is 0 Å². The van der Waals surface area contributed by atoms with Crippen LogP contribution in [0.2, 0.25) is 0 Å². The highest BCUT2D eigenvalue weighted by molar-refractivity contribution is 7.93. The van der Waals surface area contributed by atoms with Crippen molar-refractivity contribution in [3.05, 3.63) is 35.2 Å². The van der Waals surface area contributed by atoms with Crippen molar-refractivity contribution in [2.75, 3.05) is 28.8 Å². The number of aryl methyl sites for hydroxylation is 3. The Labute approximate surface area is 148 Å². The molecule has 1 aromatic carbocycles. The molecule has 1 fully saturated rings. The van der Waals surface area contributed by atoms with Crippen molar-refractivity contribution in [1.82, 2.24) is 5.16 Å². The van der Waals surface area contributed by atoms with Crippen molar-refractivity contribution in [2.45, 2.75) is 44.4 Å². The number of nitrogens with zero attached hydrogens (tertiary/aromatic N) is 3. The lowest BCUT2D eigenvalue weighted by atomic mass is 10.0. The lowest BCUT2D eigenvalue weighted by molar-refractivity contribution is 0.390. The molecule has 0 aliphatic carbocycles. The molecule has 2 aliphatic rings. The predicted molar refractivity (Wildman–Crippen MR) is 96.7 cm³/mol. The number of anilines is 2. The molecule has 4 rings (SSSR count). The largest absolute Gasteiger partial charge is 0.371 e. The molecule has 2 aliphatic heterocycles. The van der Waals surface area contributed by atoms with Crippen molar-refractivity contribution < 1.29 is 12.9 Å². The second kappa shape index (κ2) is 6.05. The van der Waals surface area contributed by atoms with E-state index in [0.717, 1.165) is 42.9 Å². The lowest BCUT2D eigenvalue weighted by Crippen LogP contribution is -2.36.